The molecule has 1 N–H and O–H groups in total. The van der Waals surface area contributed by atoms with Crippen molar-refractivity contribution in [3.8, 4) is 0 Å². The van der Waals surface area contributed by atoms with Crippen LogP contribution < -0.4 is 0 Å². The molecule has 39 heavy (non-hydrogen) atoms. The van der Waals surface area contributed by atoms with E-state index >= 15 is 0 Å². The normalized spacial score (nSPS) is 20.2. The first kappa shape index (κ1) is 25.9. The lowest BCUT2D eigenvalue weighted by atomic mass is 10.0. The van der Waals surface area contributed by atoms with Crippen molar-refractivity contribution >= 4 is 17.9 Å². The highest BCUT2D eigenvalue weighted by Crippen LogP contribution is 2.38. The van der Waals surface area contributed by atoms with Gasteiger partial charge in [-0.15, -0.1) is 0 Å². The number of esters is 3. The SMILES string of the molecule is Cc1cc([C@@H]2O[C@H](COC(=O)c3ccccc3)[C@@H](OC(=O)c3ccccc3)[C@H]2OC(=O)c2ccccc2)[nH]n1. The van der Waals surface area contributed by atoms with Crippen LogP contribution in [0.5, 0.6) is 0 Å². The Labute approximate surface area is 224 Å². The van der Waals surface area contributed by atoms with Gasteiger partial charge in [0.1, 0.15) is 18.8 Å². The lowest BCUT2D eigenvalue weighted by Gasteiger charge is -2.24. The Bertz CT molecular complexity index is 1420. The molecule has 0 amide bonds. The second-order valence-corrected chi connectivity index (χ2v) is 9.00. The summed E-state index contributed by atoms with van der Waals surface area (Å²) in [6.07, 6.45) is -3.96. The van der Waals surface area contributed by atoms with Crippen LogP contribution in [-0.2, 0) is 18.9 Å². The van der Waals surface area contributed by atoms with Gasteiger partial charge in [-0.3, -0.25) is 5.10 Å². The highest BCUT2D eigenvalue weighted by atomic mass is 16.6. The number of nitrogens with zero attached hydrogens (tertiary/aromatic N) is 1. The molecule has 1 saturated heterocycles. The van der Waals surface area contributed by atoms with Crippen LogP contribution in [0.1, 0.15) is 48.6 Å². The third kappa shape index (κ3) is 6.05. The maximum Gasteiger partial charge on any atom is 0.338 e. The zero-order valence-electron chi connectivity index (χ0n) is 21.1. The quantitative estimate of drug-likeness (QED) is 0.264. The van der Waals surface area contributed by atoms with E-state index in [9.17, 15) is 14.4 Å². The molecule has 0 bridgehead atoms. The number of H-pyrrole nitrogens is 1. The number of benzene rings is 3. The molecule has 0 saturated carbocycles. The number of carbonyl (C=O) groups excluding carboxylic acids is 3. The summed E-state index contributed by atoms with van der Waals surface area (Å²) in [5.74, 6) is -1.81. The lowest BCUT2D eigenvalue weighted by Crippen LogP contribution is -2.40. The van der Waals surface area contributed by atoms with Crippen molar-refractivity contribution < 1.29 is 33.3 Å². The summed E-state index contributed by atoms with van der Waals surface area (Å²) in [6.45, 7) is 1.55. The molecule has 1 aromatic heterocycles. The Kier molecular flexibility index (Phi) is 7.79. The third-order valence-electron chi connectivity index (χ3n) is 6.24. The van der Waals surface area contributed by atoms with Crippen molar-refractivity contribution in [1.82, 2.24) is 10.2 Å². The van der Waals surface area contributed by atoms with Gasteiger partial charge in [-0.2, -0.15) is 5.10 Å². The molecule has 9 nitrogen and oxygen atoms in total. The minimum Gasteiger partial charge on any atom is -0.459 e. The van der Waals surface area contributed by atoms with Crippen LogP contribution in [0, 0.1) is 6.92 Å². The Morgan fingerprint density at radius 1 is 0.744 bits per heavy atom. The van der Waals surface area contributed by atoms with Crippen molar-refractivity contribution in [2.24, 2.45) is 0 Å². The van der Waals surface area contributed by atoms with Crippen LogP contribution in [0.2, 0.25) is 0 Å². The molecule has 0 aliphatic carbocycles. The maximum absolute atomic E-state index is 13.1. The molecule has 1 fully saturated rings. The number of carbonyl (C=O) groups is 3. The number of hydrogen-bond donors (Lipinski definition) is 1. The van der Waals surface area contributed by atoms with Gasteiger partial charge in [-0.05, 0) is 49.4 Å². The topological polar surface area (TPSA) is 117 Å². The van der Waals surface area contributed by atoms with Crippen LogP contribution in [0.15, 0.2) is 97.1 Å². The molecule has 0 spiro atoms. The summed E-state index contributed by atoms with van der Waals surface area (Å²) in [7, 11) is 0. The number of aromatic nitrogens is 2. The summed E-state index contributed by atoms with van der Waals surface area (Å²) in [5.41, 5.74) is 2.21. The van der Waals surface area contributed by atoms with Gasteiger partial charge in [-0.1, -0.05) is 54.6 Å². The fraction of sp³-hybridized carbons (Fsp3) is 0.200. The van der Waals surface area contributed by atoms with Gasteiger partial charge in [0, 0.05) is 0 Å². The average molecular weight is 527 g/mol. The molecule has 0 radical (unpaired) electrons. The van der Waals surface area contributed by atoms with E-state index < -0.39 is 42.3 Å². The van der Waals surface area contributed by atoms with Gasteiger partial charge in [0.05, 0.1) is 28.1 Å². The molecular formula is C30H26N2O7. The molecule has 5 rings (SSSR count). The van der Waals surface area contributed by atoms with E-state index in [0.717, 1.165) is 0 Å². The number of rotatable bonds is 8. The van der Waals surface area contributed by atoms with Gasteiger partial charge in [0.15, 0.2) is 12.2 Å². The minimum absolute atomic E-state index is 0.247. The first-order valence-electron chi connectivity index (χ1n) is 12.4. The summed E-state index contributed by atoms with van der Waals surface area (Å²) >= 11 is 0. The largest absolute Gasteiger partial charge is 0.459 e. The predicted octanol–water partition coefficient (Wildman–Crippen LogP) is 4.47. The van der Waals surface area contributed by atoms with Gasteiger partial charge in [-0.25, -0.2) is 14.4 Å². The maximum atomic E-state index is 13.1. The van der Waals surface area contributed by atoms with E-state index in [-0.39, 0.29) is 6.61 Å². The molecule has 198 valence electrons. The summed E-state index contributed by atoms with van der Waals surface area (Å²) in [5, 5.41) is 7.06. The third-order valence-corrected chi connectivity index (χ3v) is 6.24. The molecule has 4 aromatic rings. The average Bonchev–Trinajstić information content (AvgIpc) is 3.56. The van der Waals surface area contributed by atoms with Crippen molar-refractivity contribution in [1.29, 1.82) is 0 Å². The Balaban J connectivity index is 1.45. The standard InChI is InChI=1S/C30H26N2O7/c1-19-17-23(32-31-19)25-27(39-30(35)22-15-9-4-10-16-22)26(38-29(34)21-13-7-3-8-14-21)24(37-25)18-36-28(33)20-11-5-2-6-12-20/h2-17,24-27H,18H2,1H3,(H,31,32)/t24-,25+,26-,27+/m1/s1. The highest BCUT2D eigenvalue weighted by molar-refractivity contribution is 5.91. The molecule has 9 heteroatoms. The van der Waals surface area contributed by atoms with Crippen LogP contribution >= 0.6 is 0 Å². The highest BCUT2D eigenvalue weighted by Gasteiger charge is 2.51. The summed E-state index contributed by atoms with van der Waals surface area (Å²) in [6, 6.07) is 27.2. The number of ether oxygens (including phenoxy) is 4. The van der Waals surface area contributed by atoms with E-state index in [1.807, 2.05) is 0 Å². The van der Waals surface area contributed by atoms with Gasteiger partial charge < -0.3 is 18.9 Å². The van der Waals surface area contributed by atoms with Gasteiger partial charge in [0.25, 0.3) is 0 Å². The number of aryl methyl sites for hydroxylation is 1. The van der Waals surface area contributed by atoms with E-state index in [1.54, 1.807) is 104 Å². The number of aromatic amines is 1. The zero-order valence-corrected chi connectivity index (χ0v) is 21.1. The molecular weight excluding hydrogens is 500 g/mol. The Morgan fingerprint density at radius 3 is 1.72 bits per heavy atom. The lowest BCUT2D eigenvalue weighted by molar-refractivity contribution is -0.0452. The molecule has 2 heterocycles. The fourth-order valence-electron chi connectivity index (χ4n) is 4.32. The van der Waals surface area contributed by atoms with Crippen LogP contribution in [-0.4, -0.2) is 53.0 Å². The van der Waals surface area contributed by atoms with E-state index in [1.165, 1.54) is 0 Å². The van der Waals surface area contributed by atoms with Crippen molar-refractivity contribution in [3.63, 3.8) is 0 Å². The van der Waals surface area contributed by atoms with Gasteiger partial charge in [0.2, 0.25) is 0 Å². The van der Waals surface area contributed by atoms with E-state index in [4.69, 9.17) is 18.9 Å². The second kappa shape index (κ2) is 11.7. The smallest absolute Gasteiger partial charge is 0.338 e. The van der Waals surface area contributed by atoms with E-state index in [0.29, 0.717) is 28.1 Å². The molecule has 4 atom stereocenters. The number of nitrogens with one attached hydrogen (secondary N) is 1. The minimum atomic E-state index is -1.09. The Morgan fingerprint density at radius 2 is 1.23 bits per heavy atom. The second-order valence-electron chi connectivity index (χ2n) is 9.00. The fourth-order valence-corrected chi connectivity index (χ4v) is 4.32. The first-order chi connectivity index (χ1) is 19.0. The van der Waals surface area contributed by atoms with Gasteiger partial charge >= 0.3 is 17.9 Å². The Hall–Kier alpha value is -4.76. The first-order valence-corrected chi connectivity index (χ1v) is 12.4. The van der Waals surface area contributed by atoms with Crippen molar-refractivity contribution in [2.75, 3.05) is 6.61 Å². The van der Waals surface area contributed by atoms with E-state index in [2.05, 4.69) is 10.2 Å². The molecule has 0 unspecified atom stereocenters. The number of hydrogen-bond acceptors (Lipinski definition) is 8. The van der Waals surface area contributed by atoms with Crippen LogP contribution in [0.3, 0.4) is 0 Å². The van der Waals surface area contributed by atoms with Crippen molar-refractivity contribution in [2.45, 2.75) is 31.3 Å². The van der Waals surface area contributed by atoms with Crippen molar-refractivity contribution in [3.05, 3.63) is 125 Å². The molecule has 1 aliphatic heterocycles. The monoisotopic (exact) mass is 526 g/mol. The summed E-state index contributed by atoms with van der Waals surface area (Å²) < 4.78 is 23.6. The zero-order chi connectivity index (χ0) is 27.2. The predicted molar refractivity (Wildman–Crippen MR) is 139 cm³/mol. The summed E-state index contributed by atoms with van der Waals surface area (Å²) in [4.78, 5) is 38.9. The van der Waals surface area contributed by atoms with Crippen LogP contribution in [0.4, 0.5) is 0 Å². The van der Waals surface area contributed by atoms with Crippen LogP contribution in [0.25, 0.3) is 0 Å². The molecule has 1 aliphatic rings. The molecule has 3 aromatic carbocycles.